The Morgan fingerprint density at radius 1 is 1.43 bits per heavy atom. The molecule has 0 fully saturated rings. The van der Waals surface area contributed by atoms with Crippen LogP contribution in [0.15, 0.2) is 29.7 Å². The number of halogens is 2. The zero-order valence-corrected chi connectivity index (χ0v) is 14.1. The molecule has 0 saturated heterocycles. The summed E-state index contributed by atoms with van der Waals surface area (Å²) in [7, 11) is 0. The highest BCUT2D eigenvalue weighted by atomic mass is 35.5. The molecule has 0 radical (unpaired) electrons. The third-order valence-corrected chi connectivity index (χ3v) is 4.22. The van der Waals surface area contributed by atoms with Crippen LogP contribution < -0.4 is 4.90 Å². The Morgan fingerprint density at radius 2 is 2.17 bits per heavy atom. The fraction of sp³-hybridized carbons (Fsp3) is 0.188. The molecule has 0 aliphatic carbocycles. The molecule has 120 valence electrons. The van der Waals surface area contributed by atoms with Crippen LogP contribution in [0.4, 0.5) is 9.52 Å². The summed E-state index contributed by atoms with van der Waals surface area (Å²) in [6.45, 7) is 3.86. The van der Waals surface area contributed by atoms with Gasteiger partial charge in [-0.15, -0.1) is 11.3 Å². The third kappa shape index (κ3) is 4.24. The summed E-state index contributed by atoms with van der Waals surface area (Å²) in [5.74, 6) is -0.963. The molecule has 0 unspecified atom stereocenters. The molecule has 1 aromatic heterocycles. The van der Waals surface area contributed by atoms with Gasteiger partial charge in [0, 0.05) is 24.4 Å². The summed E-state index contributed by atoms with van der Waals surface area (Å²) < 4.78 is 13.1. The van der Waals surface area contributed by atoms with E-state index in [-0.39, 0.29) is 16.7 Å². The van der Waals surface area contributed by atoms with Crippen molar-refractivity contribution in [3.8, 4) is 0 Å². The predicted octanol–water partition coefficient (Wildman–Crippen LogP) is 4.20. The number of nitrogens with zero attached hydrogens (tertiary/aromatic N) is 2. The second kappa shape index (κ2) is 7.48. The standard InChI is InChI=1S/C16H14ClFN2O2S/c1-3-20(10(2)21)16-19-12(9-23-16)5-7-15(22)11-4-6-14(18)13(17)8-11/h4-9H,3H2,1-2H3. The number of benzene rings is 1. The highest BCUT2D eigenvalue weighted by molar-refractivity contribution is 7.14. The molecule has 0 N–H and O–H groups in total. The van der Waals surface area contributed by atoms with Crippen molar-refractivity contribution in [3.63, 3.8) is 0 Å². The SMILES string of the molecule is CCN(C(C)=O)c1nc(C=CC(=O)c2ccc(F)c(Cl)c2)cs1. The van der Waals surface area contributed by atoms with Gasteiger partial charge in [0.2, 0.25) is 5.91 Å². The molecule has 0 aliphatic rings. The van der Waals surface area contributed by atoms with Crippen LogP contribution in [0.2, 0.25) is 5.02 Å². The van der Waals surface area contributed by atoms with Crippen LogP contribution in [-0.2, 0) is 4.79 Å². The summed E-state index contributed by atoms with van der Waals surface area (Å²) in [5, 5.41) is 2.24. The van der Waals surface area contributed by atoms with Crippen LogP contribution in [0.5, 0.6) is 0 Å². The minimum absolute atomic E-state index is 0.0885. The minimum Gasteiger partial charge on any atom is -0.289 e. The van der Waals surface area contributed by atoms with E-state index in [1.165, 1.54) is 36.5 Å². The third-order valence-electron chi connectivity index (χ3n) is 3.05. The number of allylic oxidation sites excluding steroid dienone is 1. The number of rotatable bonds is 5. The first kappa shape index (κ1) is 17.3. The molecule has 1 amide bonds. The van der Waals surface area contributed by atoms with E-state index in [0.717, 1.165) is 6.07 Å². The Balaban J connectivity index is 2.14. The molecule has 7 heteroatoms. The Labute approximate surface area is 142 Å². The fourth-order valence-corrected chi connectivity index (χ4v) is 2.96. The summed E-state index contributed by atoms with van der Waals surface area (Å²) in [4.78, 5) is 29.3. The summed E-state index contributed by atoms with van der Waals surface area (Å²) in [5.41, 5.74) is 0.869. The van der Waals surface area contributed by atoms with E-state index in [9.17, 15) is 14.0 Å². The normalized spacial score (nSPS) is 11.0. The van der Waals surface area contributed by atoms with Crippen molar-refractivity contribution in [1.82, 2.24) is 4.98 Å². The molecule has 1 aromatic carbocycles. The maximum Gasteiger partial charge on any atom is 0.225 e. The Morgan fingerprint density at radius 3 is 2.78 bits per heavy atom. The van der Waals surface area contributed by atoms with Crippen molar-refractivity contribution < 1.29 is 14.0 Å². The predicted molar refractivity (Wildman–Crippen MR) is 90.6 cm³/mol. The zero-order chi connectivity index (χ0) is 17.0. The first-order valence-electron chi connectivity index (χ1n) is 6.83. The molecule has 23 heavy (non-hydrogen) atoms. The Bertz CT molecular complexity index is 773. The van der Waals surface area contributed by atoms with E-state index in [2.05, 4.69) is 4.98 Å². The van der Waals surface area contributed by atoms with E-state index in [4.69, 9.17) is 11.6 Å². The van der Waals surface area contributed by atoms with Crippen molar-refractivity contribution in [1.29, 1.82) is 0 Å². The number of anilines is 1. The van der Waals surface area contributed by atoms with E-state index in [1.54, 1.807) is 16.4 Å². The molecule has 0 spiro atoms. The van der Waals surface area contributed by atoms with Crippen LogP contribution in [-0.4, -0.2) is 23.2 Å². The lowest BCUT2D eigenvalue weighted by Crippen LogP contribution is -2.27. The lowest BCUT2D eigenvalue weighted by atomic mass is 10.1. The van der Waals surface area contributed by atoms with Gasteiger partial charge in [0.1, 0.15) is 5.82 Å². The van der Waals surface area contributed by atoms with Gasteiger partial charge in [-0.25, -0.2) is 9.37 Å². The van der Waals surface area contributed by atoms with E-state index >= 15 is 0 Å². The highest BCUT2D eigenvalue weighted by Crippen LogP contribution is 2.22. The van der Waals surface area contributed by atoms with Gasteiger partial charge < -0.3 is 0 Å². The van der Waals surface area contributed by atoms with Crippen LogP contribution in [0.1, 0.15) is 29.9 Å². The zero-order valence-electron chi connectivity index (χ0n) is 12.5. The molecule has 2 aromatic rings. The Hall–Kier alpha value is -2.05. The molecule has 2 rings (SSSR count). The molecule has 1 heterocycles. The van der Waals surface area contributed by atoms with Gasteiger partial charge in [0.15, 0.2) is 10.9 Å². The van der Waals surface area contributed by atoms with Crippen molar-refractivity contribution in [2.45, 2.75) is 13.8 Å². The van der Waals surface area contributed by atoms with E-state index in [0.29, 0.717) is 22.9 Å². The van der Waals surface area contributed by atoms with Crippen molar-refractivity contribution >= 4 is 45.8 Å². The van der Waals surface area contributed by atoms with Gasteiger partial charge in [-0.05, 0) is 37.3 Å². The maximum atomic E-state index is 13.1. The molecule has 0 atom stereocenters. The van der Waals surface area contributed by atoms with Crippen LogP contribution in [0, 0.1) is 5.82 Å². The first-order valence-corrected chi connectivity index (χ1v) is 8.09. The first-order chi connectivity index (χ1) is 10.9. The topological polar surface area (TPSA) is 50.3 Å². The van der Waals surface area contributed by atoms with Crippen molar-refractivity contribution in [2.24, 2.45) is 0 Å². The number of carbonyl (C=O) groups is 2. The lowest BCUT2D eigenvalue weighted by molar-refractivity contribution is -0.116. The lowest BCUT2D eigenvalue weighted by Gasteiger charge is -2.14. The van der Waals surface area contributed by atoms with Gasteiger partial charge in [-0.1, -0.05) is 11.6 Å². The second-order valence-electron chi connectivity index (χ2n) is 4.64. The minimum atomic E-state index is -0.569. The number of ketones is 1. The number of carbonyl (C=O) groups excluding carboxylic acids is 2. The van der Waals surface area contributed by atoms with E-state index < -0.39 is 5.82 Å². The number of hydrogen-bond donors (Lipinski definition) is 0. The fourth-order valence-electron chi connectivity index (χ4n) is 1.88. The quantitative estimate of drug-likeness (QED) is 0.598. The summed E-state index contributed by atoms with van der Waals surface area (Å²) >= 11 is 6.98. The summed E-state index contributed by atoms with van der Waals surface area (Å²) in [6, 6.07) is 3.80. The Kier molecular flexibility index (Phi) is 5.63. The van der Waals surface area contributed by atoms with E-state index in [1.807, 2.05) is 6.92 Å². The highest BCUT2D eigenvalue weighted by Gasteiger charge is 2.12. The van der Waals surface area contributed by atoms with Gasteiger partial charge in [-0.2, -0.15) is 0 Å². The average molecular weight is 353 g/mol. The molecule has 0 saturated carbocycles. The molecule has 0 aliphatic heterocycles. The van der Waals surface area contributed by atoms with Gasteiger partial charge >= 0.3 is 0 Å². The second-order valence-corrected chi connectivity index (χ2v) is 5.89. The number of aromatic nitrogens is 1. The van der Waals surface area contributed by atoms with Crippen LogP contribution in [0.3, 0.4) is 0 Å². The number of thiazole rings is 1. The maximum absolute atomic E-state index is 13.1. The van der Waals surface area contributed by atoms with Crippen LogP contribution in [0.25, 0.3) is 6.08 Å². The smallest absolute Gasteiger partial charge is 0.225 e. The molecular weight excluding hydrogens is 339 g/mol. The largest absolute Gasteiger partial charge is 0.289 e. The average Bonchev–Trinajstić information content (AvgIpc) is 2.96. The van der Waals surface area contributed by atoms with Crippen LogP contribution >= 0.6 is 22.9 Å². The molecular formula is C16H14ClFN2O2S. The number of hydrogen-bond acceptors (Lipinski definition) is 4. The van der Waals surface area contributed by atoms with Gasteiger partial charge in [0.05, 0.1) is 10.7 Å². The monoisotopic (exact) mass is 352 g/mol. The van der Waals surface area contributed by atoms with Crippen molar-refractivity contribution in [3.05, 3.63) is 51.8 Å². The van der Waals surface area contributed by atoms with Gasteiger partial charge in [0.25, 0.3) is 0 Å². The molecule has 4 nitrogen and oxygen atoms in total. The number of amides is 1. The summed E-state index contributed by atoms with van der Waals surface area (Å²) in [6.07, 6.45) is 2.89. The van der Waals surface area contributed by atoms with Crippen molar-refractivity contribution in [2.75, 3.05) is 11.4 Å². The molecule has 0 bridgehead atoms. The van der Waals surface area contributed by atoms with Gasteiger partial charge in [-0.3, -0.25) is 14.5 Å².